The molecule has 0 saturated carbocycles. The number of fused-ring (bicyclic) bond motifs is 1. The Hall–Kier alpha value is -1.39. The van der Waals surface area contributed by atoms with E-state index in [-0.39, 0.29) is 6.79 Å². The molecule has 1 aromatic heterocycles. The van der Waals surface area contributed by atoms with Gasteiger partial charge in [-0.1, -0.05) is 5.10 Å². The zero-order valence-electron chi connectivity index (χ0n) is 4.44. The van der Waals surface area contributed by atoms with Gasteiger partial charge in [-0.05, 0) is 5.21 Å². The lowest BCUT2D eigenvalue weighted by molar-refractivity contribution is 0.170. The van der Waals surface area contributed by atoms with E-state index in [1.54, 1.807) is 0 Å². The van der Waals surface area contributed by atoms with Crippen molar-refractivity contribution in [3.8, 4) is 11.6 Å². The number of aromatic nitrogens is 3. The second kappa shape index (κ2) is 1.54. The fourth-order valence-electron chi connectivity index (χ4n) is 0.597. The van der Waals surface area contributed by atoms with Gasteiger partial charge in [0.15, 0.2) is 0 Å². The summed E-state index contributed by atoms with van der Waals surface area (Å²) in [6.07, 6.45) is 1.47. The Kier molecular flexibility index (Phi) is 0.769. The van der Waals surface area contributed by atoms with Crippen LogP contribution in [-0.4, -0.2) is 22.2 Å². The molecule has 5 heteroatoms. The van der Waals surface area contributed by atoms with Crippen molar-refractivity contribution in [2.24, 2.45) is 0 Å². The van der Waals surface area contributed by atoms with Gasteiger partial charge in [-0.3, -0.25) is 0 Å². The molecule has 1 aliphatic heterocycles. The SMILES string of the molecule is c1nnnc2c1OCO2. The highest BCUT2D eigenvalue weighted by molar-refractivity contribution is 5.30. The zero-order valence-corrected chi connectivity index (χ0v) is 4.44. The summed E-state index contributed by atoms with van der Waals surface area (Å²) in [5.74, 6) is 0.981. The Morgan fingerprint density at radius 2 is 2.44 bits per heavy atom. The number of hydrogen-bond donors (Lipinski definition) is 0. The maximum atomic E-state index is 4.91. The number of nitrogens with zero attached hydrogens (tertiary/aromatic N) is 3. The normalized spacial score (nSPS) is 13.8. The van der Waals surface area contributed by atoms with E-state index in [4.69, 9.17) is 9.47 Å². The smallest absolute Gasteiger partial charge is 0.282 e. The molecule has 0 atom stereocenters. The Bertz CT molecular complexity index is 204. The highest BCUT2D eigenvalue weighted by Gasteiger charge is 2.13. The van der Waals surface area contributed by atoms with E-state index in [1.807, 2.05) is 0 Å². The quantitative estimate of drug-likeness (QED) is 0.472. The number of ether oxygens (including phenoxy) is 2. The van der Waals surface area contributed by atoms with Gasteiger partial charge in [0.25, 0.3) is 5.88 Å². The minimum absolute atomic E-state index is 0.218. The van der Waals surface area contributed by atoms with Gasteiger partial charge in [0.2, 0.25) is 12.5 Å². The van der Waals surface area contributed by atoms with Crippen molar-refractivity contribution in [1.29, 1.82) is 0 Å². The molecule has 0 fully saturated rings. The Morgan fingerprint density at radius 1 is 1.44 bits per heavy atom. The first-order chi connectivity index (χ1) is 4.47. The summed E-state index contributed by atoms with van der Waals surface area (Å²) in [6.45, 7) is 0.218. The third-order valence-corrected chi connectivity index (χ3v) is 0.983. The van der Waals surface area contributed by atoms with Gasteiger partial charge in [-0.2, -0.15) is 0 Å². The lowest BCUT2D eigenvalue weighted by atomic mass is 10.6. The van der Waals surface area contributed by atoms with Crippen molar-refractivity contribution in [2.45, 2.75) is 0 Å². The maximum absolute atomic E-state index is 4.91. The first kappa shape index (κ1) is 4.49. The Labute approximate surface area is 50.6 Å². The number of hydrogen-bond acceptors (Lipinski definition) is 5. The van der Waals surface area contributed by atoms with E-state index in [9.17, 15) is 0 Å². The van der Waals surface area contributed by atoms with Gasteiger partial charge in [0, 0.05) is 0 Å². The predicted molar refractivity (Wildman–Crippen MR) is 25.9 cm³/mol. The van der Waals surface area contributed by atoms with Crippen LogP contribution >= 0.6 is 0 Å². The van der Waals surface area contributed by atoms with Gasteiger partial charge in [0.1, 0.15) is 0 Å². The van der Waals surface area contributed by atoms with E-state index in [0.717, 1.165) is 0 Å². The molecule has 1 aromatic rings. The van der Waals surface area contributed by atoms with Crippen LogP contribution in [0.5, 0.6) is 11.6 Å². The molecule has 0 aliphatic carbocycles. The molecule has 46 valence electrons. The molecule has 0 bridgehead atoms. The third-order valence-electron chi connectivity index (χ3n) is 0.983. The van der Waals surface area contributed by atoms with Gasteiger partial charge >= 0.3 is 0 Å². The fourth-order valence-corrected chi connectivity index (χ4v) is 0.597. The topological polar surface area (TPSA) is 57.1 Å². The van der Waals surface area contributed by atoms with Gasteiger partial charge < -0.3 is 9.47 Å². The van der Waals surface area contributed by atoms with E-state index in [2.05, 4.69) is 15.4 Å². The monoisotopic (exact) mass is 125 g/mol. The van der Waals surface area contributed by atoms with Crippen LogP contribution in [0, 0.1) is 0 Å². The molecule has 2 heterocycles. The molecule has 0 amide bonds. The molecule has 0 unspecified atom stereocenters. The van der Waals surface area contributed by atoms with Crippen molar-refractivity contribution in [2.75, 3.05) is 6.79 Å². The van der Waals surface area contributed by atoms with Crippen LogP contribution < -0.4 is 9.47 Å². The van der Waals surface area contributed by atoms with Gasteiger partial charge in [-0.25, -0.2) is 0 Å². The average Bonchev–Trinajstić information content (AvgIpc) is 2.33. The fraction of sp³-hybridized carbons (Fsp3) is 0.250. The Morgan fingerprint density at radius 3 is 3.33 bits per heavy atom. The zero-order chi connectivity index (χ0) is 6.10. The summed E-state index contributed by atoms with van der Waals surface area (Å²) in [4.78, 5) is 0. The van der Waals surface area contributed by atoms with E-state index < -0.39 is 0 Å². The van der Waals surface area contributed by atoms with Crippen LogP contribution in [0.3, 0.4) is 0 Å². The van der Waals surface area contributed by atoms with Crippen molar-refractivity contribution in [1.82, 2.24) is 15.4 Å². The van der Waals surface area contributed by atoms with E-state index >= 15 is 0 Å². The van der Waals surface area contributed by atoms with Gasteiger partial charge in [0.05, 0.1) is 6.20 Å². The van der Waals surface area contributed by atoms with E-state index in [0.29, 0.717) is 11.6 Å². The molecular weight excluding hydrogens is 122 g/mol. The van der Waals surface area contributed by atoms with Crippen LogP contribution in [0.4, 0.5) is 0 Å². The summed E-state index contributed by atoms with van der Waals surface area (Å²) in [5, 5.41) is 10.4. The van der Waals surface area contributed by atoms with Crippen LogP contribution in [0.25, 0.3) is 0 Å². The lowest BCUT2D eigenvalue weighted by Crippen LogP contribution is -1.93. The maximum Gasteiger partial charge on any atom is 0.282 e. The first-order valence-corrected chi connectivity index (χ1v) is 2.41. The predicted octanol–water partition coefficient (Wildman–Crippen LogP) is -0.400. The molecule has 5 nitrogen and oxygen atoms in total. The molecule has 0 aromatic carbocycles. The number of rotatable bonds is 0. The molecule has 2 rings (SSSR count). The van der Waals surface area contributed by atoms with Crippen LogP contribution in [-0.2, 0) is 0 Å². The molecular formula is C4H3N3O2. The molecule has 0 saturated heterocycles. The first-order valence-electron chi connectivity index (χ1n) is 2.41. The molecule has 0 radical (unpaired) electrons. The second-order valence-corrected chi connectivity index (χ2v) is 1.51. The minimum Gasteiger partial charge on any atom is -0.450 e. The molecule has 1 aliphatic rings. The van der Waals surface area contributed by atoms with Crippen molar-refractivity contribution in [3.05, 3.63) is 6.20 Å². The molecule has 9 heavy (non-hydrogen) atoms. The standard InChI is InChI=1S/C4H3N3O2/c1-3-4(6-7-5-1)9-2-8-3/h1H,2H2. The molecule has 0 N–H and O–H groups in total. The van der Waals surface area contributed by atoms with Crippen molar-refractivity contribution in [3.63, 3.8) is 0 Å². The summed E-state index contributed by atoms with van der Waals surface area (Å²) >= 11 is 0. The van der Waals surface area contributed by atoms with Crippen LogP contribution in [0.2, 0.25) is 0 Å². The van der Waals surface area contributed by atoms with Gasteiger partial charge in [-0.15, -0.1) is 5.10 Å². The Balaban J connectivity index is 2.54. The van der Waals surface area contributed by atoms with Crippen molar-refractivity contribution < 1.29 is 9.47 Å². The largest absolute Gasteiger partial charge is 0.450 e. The highest BCUT2D eigenvalue weighted by atomic mass is 16.7. The van der Waals surface area contributed by atoms with Crippen LogP contribution in [0.1, 0.15) is 0 Å². The summed E-state index contributed by atoms with van der Waals surface area (Å²) in [6, 6.07) is 0. The highest BCUT2D eigenvalue weighted by Crippen LogP contribution is 2.25. The molecule has 0 spiro atoms. The average molecular weight is 125 g/mol. The third kappa shape index (κ3) is 0.576. The lowest BCUT2D eigenvalue weighted by Gasteiger charge is -1.86. The minimum atomic E-state index is 0.218. The van der Waals surface area contributed by atoms with Crippen LogP contribution in [0.15, 0.2) is 6.20 Å². The summed E-state index contributed by atoms with van der Waals surface area (Å²) in [5.41, 5.74) is 0. The van der Waals surface area contributed by atoms with E-state index in [1.165, 1.54) is 6.20 Å². The van der Waals surface area contributed by atoms with Crippen molar-refractivity contribution >= 4 is 0 Å². The summed E-state index contributed by atoms with van der Waals surface area (Å²) < 4.78 is 9.77. The second-order valence-electron chi connectivity index (χ2n) is 1.51. The summed E-state index contributed by atoms with van der Waals surface area (Å²) in [7, 11) is 0.